The maximum Gasteiger partial charge on any atom is 0.0172 e. The molecular formula is C17H27N. The van der Waals surface area contributed by atoms with Crippen LogP contribution in [-0.4, -0.2) is 12.6 Å². The van der Waals surface area contributed by atoms with Gasteiger partial charge < -0.3 is 5.32 Å². The first-order valence-electron chi connectivity index (χ1n) is 7.06. The van der Waals surface area contributed by atoms with Gasteiger partial charge in [0.25, 0.3) is 0 Å². The molecule has 0 aliphatic carbocycles. The van der Waals surface area contributed by atoms with E-state index in [1.54, 1.807) is 0 Å². The van der Waals surface area contributed by atoms with Crippen molar-refractivity contribution in [3.63, 3.8) is 0 Å². The molecule has 0 spiro atoms. The van der Waals surface area contributed by atoms with Gasteiger partial charge in [0.15, 0.2) is 0 Å². The lowest BCUT2D eigenvalue weighted by molar-refractivity contribution is 0.593. The molecule has 1 aromatic carbocycles. The maximum absolute atomic E-state index is 3.52. The summed E-state index contributed by atoms with van der Waals surface area (Å²) in [5.41, 5.74) is 4.28. The van der Waals surface area contributed by atoms with E-state index in [1.165, 1.54) is 16.7 Å². The zero-order valence-electron chi connectivity index (χ0n) is 12.5. The summed E-state index contributed by atoms with van der Waals surface area (Å²) >= 11 is 0. The molecule has 0 unspecified atom stereocenters. The second-order valence-electron chi connectivity index (χ2n) is 5.46. The molecule has 0 aliphatic heterocycles. The lowest BCUT2D eigenvalue weighted by atomic mass is 9.97. The number of rotatable bonds is 6. The molecule has 0 atom stereocenters. The van der Waals surface area contributed by atoms with E-state index in [-0.39, 0.29) is 0 Å². The Bertz CT molecular complexity index is 388. The Labute approximate surface area is 112 Å². The molecule has 1 N–H and O–H groups in total. The smallest absolute Gasteiger partial charge is 0.0172 e. The van der Waals surface area contributed by atoms with Crippen LogP contribution in [0.1, 0.15) is 45.7 Å². The standard InChI is InChI=1S/C17H27N/c1-6-15-9-7-8-10-16(15)11-17(13(2)3)12-18-14(4)5/h7-11,13-14,18H,6,12H2,1-5H3. The summed E-state index contributed by atoms with van der Waals surface area (Å²) in [6, 6.07) is 9.22. The van der Waals surface area contributed by atoms with E-state index in [2.05, 4.69) is 70.3 Å². The number of benzene rings is 1. The van der Waals surface area contributed by atoms with Gasteiger partial charge in [0.2, 0.25) is 0 Å². The van der Waals surface area contributed by atoms with E-state index >= 15 is 0 Å². The van der Waals surface area contributed by atoms with Crippen molar-refractivity contribution in [2.45, 2.75) is 47.1 Å². The van der Waals surface area contributed by atoms with Crippen LogP contribution in [0.4, 0.5) is 0 Å². The van der Waals surface area contributed by atoms with Crippen LogP contribution in [0.15, 0.2) is 29.8 Å². The molecule has 0 saturated carbocycles. The summed E-state index contributed by atoms with van der Waals surface area (Å²) in [6.45, 7) is 12.1. The van der Waals surface area contributed by atoms with Crippen molar-refractivity contribution in [2.75, 3.05) is 6.54 Å². The lowest BCUT2D eigenvalue weighted by Gasteiger charge is -2.16. The Balaban J connectivity index is 2.93. The average molecular weight is 245 g/mol. The highest BCUT2D eigenvalue weighted by molar-refractivity contribution is 5.57. The van der Waals surface area contributed by atoms with E-state index in [1.807, 2.05) is 0 Å². The molecule has 0 amide bonds. The summed E-state index contributed by atoms with van der Waals surface area (Å²) in [7, 11) is 0. The van der Waals surface area contributed by atoms with Crippen molar-refractivity contribution < 1.29 is 0 Å². The van der Waals surface area contributed by atoms with Gasteiger partial charge in [-0.05, 0) is 23.5 Å². The zero-order chi connectivity index (χ0) is 13.5. The SMILES string of the molecule is CCc1ccccc1C=C(CNC(C)C)C(C)C. The zero-order valence-corrected chi connectivity index (χ0v) is 12.5. The average Bonchev–Trinajstić information content (AvgIpc) is 2.34. The number of hydrogen-bond acceptors (Lipinski definition) is 1. The third-order valence-electron chi connectivity index (χ3n) is 3.23. The van der Waals surface area contributed by atoms with E-state index in [0.29, 0.717) is 12.0 Å². The predicted octanol–water partition coefficient (Wildman–Crippen LogP) is 4.29. The lowest BCUT2D eigenvalue weighted by Crippen LogP contribution is -2.26. The Morgan fingerprint density at radius 3 is 2.39 bits per heavy atom. The third kappa shape index (κ3) is 4.66. The van der Waals surface area contributed by atoms with Crippen molar-refractivity contribution in [1.29, 1.82) is 0 Å². The van der Waals surface area contributed by atoms with E-state index < -0.39 is 0 Å². The molecule has 0 aliphatic rings. The maximum atomic E-state index is 3.52. The normalized spacial score (nSPS) is 12.5. The van der Waals surface area contributed by atoms with E-state index in [0.717, 1.165) is 13.0 Å². The molecule has 0 saturated heterocycles. The van der Waals surface area contributed by atoms with E-state index in [4.69, 9.17) is 0 Å². The van der Waals surface area contributed by atoms with Crippen LogP contribution in [0.3, 0.4) is 0 Å². The van der Waals surface area contributed by atoms with Crippen LogP contribution >= 0.6 is 0 Å². The van der Waals surface area contributed by atoms with Crippen LogP contribution in [0, 0.1) is 5.92 Å². The van der Waals surface area contributed by atoms with E-state index in [9.17, 15) is 0 Å². The summed E-state index contributed by atoms with van der Waals surface area (Å²) in [6.07, 6.45) is 3.45. The van der Waals surface area contributed by atoms with Crippen molar-refractivity contribution in [3.8, 4) is 0 Å². The van der Waals surface area contributed by atoms with Gasteiger partial charge in [-0.1, -0.05) is 70.5 Å². The highest BCUT2D eigenvalue weighted by atomic mass is 14.9. The molecular weight excluding hydrogens is 218 g/mol. The topological polar surface area (TPSA) is 12.0 Å². The molecule has 1 aromatic rings. The third-order valence-corrected chi connectivity index (χ3v) is 3.23. The molecule has 0 radical (unpaired) electrons. The second-order valence-corrected chi connectivity index (χ2v) is 5.46. The Morgan fingerprint density at radius 2 is 1.83 bits per heavy atom. The van der Waals surface area contributed by atoms with Crippen LogP contribution < -0.4 is 5.32 Å². The van der Waals surface area contributed by atoms with Crippen molar-refractivity contribution >= 4 is 6.08 Å². The fourth-order valence-corrected chi connectivity index (χ4v) is 1.94. The molecule has 1 rings (SSSR count). The fraction of sp³-hybridized carbons (Fsp3) is 0.529. The summed E-state index contributed by atoms with van der Waals surface area (Å²) in [5, 5.41) is 3.52. The minimum absolute atomic E-state index is 0.536. The molecule has 0 heterocycles. The number of nitrogens with one attached hydrogen (secondary N) is 1. The quantitative estimate of drug-likeness (QED) is 0.788. The molecule has 0 aromatic heterocycles. The minimum Gasteiger partial charge on any atom is -0.311 e. The molecule has 18 heavy (non-hydrogen) atoms. The van der Waals surface area contributed by atoms with Crippen LogP contribution in [0.2, 0.25) is 0 Å². The monoisotopic (exact) mass is 245 g/mol. The van der Waals surface area contributed by atoms with Gasteiger partial charge in [-0.15, -0.1) is 0 Å². The number of aryl methyl sites for hydroxylation is 1. The highest BCUT2D eigenvalue weighted by Gasteiger charge is 2.06. The van der Waals surface area contributed by atoms with Gasteiger partial charge in [-0.25, -0.2) is 0 Å². The Morgan fingerprint density at radius 1 is 1.17 bits per heavy atom. The predicted molar refractivity (Wildman–Crippen MR) is 81.8 cm³/mol. The Hall–Kier alpha value is -1.08. The first-order chi connectivity index (χ1) is 8.54. The summed E-state index contributed by atoms with van der Waals surface area (Å²) in [5.74, 6) is 0.584. The largest absolute Gasteiger partial charge is 0.311 e. The van der Waals surface area contributed by atoms with Crippen molar-refractivity contribution in [2.24, 2.45) is 5.92 Å². The van der Waals surface area contributed by atoms with Gasteiger partial charge in [-0.3, -0.25) is 0 Å². The summed E-state index contributed by atoms with van der Waals surface area (Å²) in [4.78, 5) is 0. The summed E-state index contributed by atoms with van der Waals surface area (Å²) < 4.78 is 0. The van der Waals surface area contributed by atoms with Crippen LogP contribution in [-0.2, 0) is 6.42 Å². The highest BCUT2D eigenvalue weighted by Crippen LogP contribution is 2.18. The van der Waals surface area contributed by atoms with Gasteiger partial charge in [0.1, 0.15) is 0 Å². The van der Waals surface area contributed by atoms with Crippen LogP contribution in [0.25, 0.3) is 6.08 Å². The van der Waals surface area contributed by atoms with Crippen LogP contribution in [0.5, 0.6) is 0 Å². The molecule has 1 nitrogen and oxygen atoms in total. The van der Waals surface area contributed by atoms with Gasteiger partial charge in [0, 0.05) is 12.6 Å². The molecule has 0 fully saturated rings. The first kappa shape index (κ1) is 15.0. The van der Waals surface area contributed by atoms with Gasteiger partial charge in [0.05, 0.1) is 0 Å². The Kier molecular flexibility index (Phi) is 6.14. The van der Waals surface area contributed by atoms with Gasteiger partial charge >= 0.3 is 0 Å². The van der Waals surface area contributed by atoms with Crippen molar-refractivity contribution in [1.82, 2.24) is 5.32 Å². The minimum atomic E-state index is 0.536. The fourth-order valence-electron chi connectivity index (χ4n) is 1.94. The molecule has 100 valence electrons. The van der Waals surface area contributed by atoms with Gasteiger partial charge in [-0.2, -0.15) is 0 Å². The molecule has 1 heteroatoms. The first-order valence-corrected chi connectivity index (χ1v) is 7.06. The van der Waals surface area contributed by atoms with Crippen molar-refractivity contribution in [3.05, 3.63) is 41.0 Å². The number of hydrogen-bond donors (Lipinski definition) is 1. The molecule has 0 bridgehead atoms. The second kappa shape index (κ2) is 7.38.